The molecule has 0 aromatic heterocycles. The molecule has 0 saturated carbocycles. The summed E-state index contributed by atoms with van der Waals surface area (Å²) >= 11 is 0. The van der Waals surface area contributed by atoms with Gasteiger partial charge in [0.25, 0.3) is 0 Å². The third-order valence-electron chi connectivity index (χ3n) is 6.22. The van der Waals surface area contributed by atoms with Crippen molar-refractivity contribution in [2.24, 2.45) is 0 Å². The lowest BCUT2D eigenvalue weighted by Crippen LogP contribution is -2.15. The molecule has 0 radical (unpaired) electrons. The van der Waals surface area contributed by atoms with Crippen LogP contribution in [-0.2, 0) is 19.1 Å². The molecule has 0 atom stereocenters. The summed E-state index contributed by atoms with van der Waals surface area (Å²) in [5, 5.41) is 0. The maximum atomic E-state index is 12.2. The first-order chi connectivity index (χ1) is 17.6. The minimum absolute atomic E-state index is 0.0468. The normalized spacial score (nSPS) is 11.6. The van der Waals surface area contributed by atoms with E-state index >= 15 is 0 Å². The zero-order valence-electron chi connectivity index (χ0n) is 22.9. The van der Waals surface area contributed by atoms with E-state index in [4.69, 9.17) is 14.2 Å². The highest BCUT2D eigenvalue weighted by molar-refractivity contribution is 5.89. The van der Waals surface area contributed by atoms with Crippen molar-refractivity contribution in [2.45, 2.75) is 104 Å². The van der Waals surface area contributed by atoms with Gasteiger partial charge in [0.15, 0.2) is 0 Å². The van der Waals surface area contributed by atoms with Crippen LogP contribution >= 0.6 is 0 Å². The van der Waals surface area contributed by atoms with Gasteiger partial charge in [-0.15, -0.1) is 0 Å². The molecule has 202 valence electrons. The van der Waals surface area contributed by atoms with Gasteiger partial charge in [-0.05, 0) is 37.1 Å². The van der Waals surface area contributed by atoms with Crippen LogP contribution in [0.25, 0.3) is 6.08 Å². The van der Waals surface area contributed by atoms with Crippen LogP contribution in [-0.4, -0.2) is 32.3 Å². The maximum Gasteiger partial charge on any atom is 0.337 e. The monoisotopic (exact) mass is 500 g/mol. The van der Waals surface area contributed by atoms with Crippen LogP contribution in [0.5, 0.6) is 5.75 Å². The Morgan fingerprint density at radius 1 is 0.778 bits per heavy atom. The third-order valence-corrected chi connectivity index (χ3v) is 6.22. The number of unbranched alkanes of at least 4 members (excludes halogenated alkanes) is 12. The Labute approximate surface area is 219 Å². The Hall–Kier alpha value is -2.56. The van der Waals surface area contributed by atoms with Crippen LogP contribution in [0.2, 0.25) is 0 Å². The van der Waals surface area contributed by atoms with Gasteiger partial charge >= 0.3 is 11.9 Å². The van der Waals surface area contributed by atoms with Gasteiger partial charge in [0.05, 0.1) is 12.7 Å². The molecule has 0 aliphatic rings. The van der Waals surface area contributed by atoms with Gasteiger partial charge < -0.3 is 14.2 Å². The smallest absolute Gasteiger partial charge is 0.337 e. The predicted octanol–water partition coefficient (Wildman–Crippen LogP) is 8.22. The quantitative estimate of drug-likeness (QED) is 0.0966. The molecule has 1 rings (SSSR count). The Morgan fingerprint density at radius 3 is 1.86 bits per heavy atom. The number of hydrogen-bond donors (Lipinski definition) is 0. The summed E-state index contributed by atoms with van der Waals surface area (Å²) in [7, 11) is 1.63. The molecule has 0 amide bonds. The van der Waals surface area contributed by atoms with Gasteiger partial charge in [-0.3, -0.25) is 4.79 Å². The summed E-state index contributed by atoms with van der Waals surface area (Å²) < 4.78 is 15.7. The van der Waals surface area contributed by atoms with Crippen molar-refractivity contribution in [3.05, 3.63) is 47.6 Å². The topological polar surface area (TPSA) is 61.8 Å². The lowest BCUT2D eigenvalue weighted by Gasteiger charge is -2.08. The average Bonchev–Trinajstić information content (AvgIpc) is 2.90. The van der Waals surface area contributed by atoms with Crippen LogP contribution in [0.15, 0.2) is 42.0 Å². The minimum Gasteiger partial charge on any atom is -0.497 e. The van der Waals surface area contributed by atoms with Gasteiger partial charge in [0.1, 0.15) is 19.0 Å². The van der Waals surface area contributed by atoms with Gasteiger partial charge in [-0.2, -0.15) is 0 Å². The highest BCUT2D eigenvalue weighted by Crippen LogP contribution is 2.14. The Bertz CT molecular complexity index is 764. The first-order valence-electron chi connectivity index (χ1n) is 13.9. The Morgan fingerprint density at radius 2 is 1.33 bits per heavy atom. The fourth-order valence-electron chi connectivity index (χ4n) is 3.89. The van der Waals surface area contributed by atoms with Crippen LogP contribution in [0.3, 0.4) is 0 Å². The number of rotatable bonds is 21. The molecule has 0 unspecified atom stereocenters. The lowest BCUT2D eigenvalue weighted by molar-refractivity contribution is -0.144. The molecule has 0 fully saturated rings. The van der Waals surface area contributed by atoms with E-state index in [1.807, 2.05) is 30.3 Å². The lowest BCUT2D eigenvalue weighted by atomic mass is 10.0. The van der Waals surface area contributed by atoms with E-state index in [1.54, 1.807) is 26.2 Å². The number of benzene rings is 1. The highest BCUT2D eigenvalue weighted by Gasteiger charge is 2.12. The van der Waals surface area contributed by atoms with E-state index in [0.717, 1.165) is 24.2 Å². The second kappa shape index (κ2) is 21.7. The van der Waals surface area contributed by atoms with E-state index in [9.17, 15) is 9.59 Å². The fourth-order valence-corrected chi connectivity index (χ4v) is 3.89. The second-order valence-electron chi connectivity index (χ2n) is 9.24. The molecule has 1 aromatic carbocycles. The average molecular weight is 501 g/mol. The van der Waals surface area contributed by atoms with E-state index < -0.39 is 5.97 Å². The van der Waals surface area contributed by atoms with Gasteiger partial charge in [-0.1, -0.05) is 108 Å². The van der Waals surface area contributed by atoms with Crippen LogP contribution in [0.4, 0.5) is 0 Å². The molecule has 1 aromatic rings. The standard InChI is InChI=1S/C31H48O5/c1-4-6-7-8-9-10-11-12-13-14-15-16-17-20-30(32)36-26-28(5-2)31(33)35-25-18-19-27-21-23-29(34-3)24-22-27/h5,18-19,21-24H,4,6-17,20,25-26H2,1-3H3. The summed E-state index contributed by atoms with van der Waals surface area (Å²) in [6.07, 6.45) is 22.2. The molecular formula is C31H48O5. The first-order valence-corrected chi connectivity index (χ1v) is 13.9. The number of allylic oxidation sites excluding steroid dienone is 1. The number of esters is 2. The molecule has 5 heteroatoms. The summed E-state index contributed by atoms with van der Waals surface area (Å²) in [5.74, 6) is 0.0650. The Balaban J connectivity index is 2.05. The van der Waals surface area contributed by atoms with Crippen molar-refractivity contribution in [1.29, 1.82) is 0 Å². The first kappa shape index (κ1) is 31.5. The molecule has 0 N–H and O–H groups in total. The second-order valence-corrected chi connectivity index (χ2v) is 9.24. The zero-order chi connectivity index (χ0) is 26.3. The molecule has 0 saturated heterocycles. The van der Waals surface area contributed by atoms with Crippen molar-refractivity contribution < 1.29 is 23.8 Å². The highest BCUT2D eigenvalue weighted by atomic mass is 16.5. The number of carbonyl (C=O) groups is 2. The Kier molecular flexibility index (Phi) is 19.0. The third kappa shape index (κ3) is 16.2. The van der Waals surface area contributed by atoms with Crippen molar-refractivity contribution in [3.8, 4) is 5.75 Å². The van der Waals surface area contributed by atoms with E-state index in [2.05, 4.69) is 6.92 Å². The van der Waals surface area contributed by atoms with Crippen LogP contribution in [0, 0.1) is 0 Å². The van der Waals surface area contributed by atoms with Crippen LogP contribution in [0.1, 0.15) is 109 Å². The van der Waals surface area contributed by atoms with E-state index in [-0.39, 0.29) is 19.2 Å². The molecule has 0 spiro atoms. The van der Waals surface area contributed by atoms with Gasteiger partial charge in [0.2, 0.25) is 0 Å². The van der Waals surface area contributed by atoms with E-state index in [1.165, 1.54) is 70.6 Å². The molecule has 0 bridgehead atoms. The predicted molar refractivity (Wildman–Crippen MR) is 148 cm³/mol. The molecular weight excluding hydrogens is 452 g/mol. The molecule has 0 aliphatic carbocycles. The number of carbonyl (C=O) groups excluding carboxylic acids is 2. The molecule has 0 heterocycles. The van der Waals surface area contributed by atoms with Crippen molar-refractivity contribution in [2.75, 3.05) is 20.3 Å². The summed E-state index contributed by atoms with van der Waals surface area (Å²) in [4.78, 5) is 24.3. The zero-order valence-corrected chi connectivity index (χ0v) is 22.9. The maximum absolute atomic E-state index is 12.2. The summed E-state index contributed by atoms with van der Waals surface area (Å²) in [5.41, 5.74) is 1.34. The molecule has 5 nitrogen and oxygen atoms in total. The molecule has 0 aliphatic heterocycles. The van der Waals surface area contributed by atoms with Gasteiger partial charge in [0, 0.05) is 6.42 Å². The fraction of sp³-hybridized carbons (Fsp3) is 0.613. The SMILES string of the molecule is CC=C(COC(=O)CCCCCCCCCCCCCCC)C(=O)OCC=Cc1ccc(OC)cc1. The number of hydrogen-bond acceptors (Lipinski definition) is 5. The van der Waals surface area contributed by atoms with Gasteiger partial charge in [-0.25, -0.2) is 4.79 Å². The van der Waals surface area contributed by atoms with Crippen molar-refractivity contribution in [1.82, 2.24) is 0 Å². The van der Waals surface area contributed by atoms with Crippen molar-refractivity contribution >= 4 is 18.0 Å². The van der Waals surface area contributed by atoms with E-state index in [0.29, 0.717) is 12.0 Å². The molecule has 36 heavy (non-hydrogen) atoms. The number of ether oxygens (including phenoxy) is 3. The summed E-state index contributed by atoms with van der Waals surface area (Å²) in [6.45, 7) is 4.10. The largest absolute Gasteiger partial charge is 0.497 e. The van der Waals surface area contributed by atoms with Crippen LogP contribution < -0.4 is 4.74 Å². The number of methoxy groups -OCH3 is 1. The minimum atomic E-state index is -0.467. The summed E-state index contributed by atoms with van der Waals surface area (Å²) in [6, 6.07) is 7.59. The van der Waals surface area contributed by atoms with Crippen molar-refractivity contribution in [3.63, 3.8) is 0 Å².